The number of nitrogens with one attached hydrogen (secondary N) is 1. The number of likely N-dealkylation sites (tertiary alicyclic amines) is 1. The number of halogens is 3. The number of alkyl halides is 3. The van der Waals surface area contributed by atoms with E-state index in [2.05, 4.69) is 23.1 Å². The lowest BCUT2D eigenvalue weighted by Gasteiger charge is -2.47. The molecule has 2 saturated heterocycles. The molecule has 0 unspecified atom stereocenters. The van der Waals surface area contributed by atoms with E-state index in [9.17, 15) is 13.2 Å². The Kier molecular flexibility index (Phi) is 6.93. The normalized spacial score (nSPS) is 22.3. The van der Waals surface area contributed by atoms with Gasteiger partial charge < -0.3 is 15.0 Å². The van der Waals surface area contributed by atoms with Crippen LogP contribution < -0.4 is 5.32 Å². The molecule has 0 saturated carbocycles. The zero-order valence-corrected chi connectivity index (χ0v) is 14.4. The number of terminal acetylenes is 1. The standard InChI is InChI=1S/C17H28F3N3O/c1-3-15-5-7-22(8-6-15)9-11-24-12-10-23(17(18,19)20)16(4-2)13-21-14-16/h2,15,21H,3,5-14H2,1H3. The van der Waals surface area contributed by atoms with Crippen molar-refractivity contribution in [1.29, 1.82) is 0 Å². The van der Waals surface area contributed by atoms with Crippen LogP contribution in [0, 0.1) is 18.3 Å². The van der Waals surface area contributed by atoms with E-state index in [0.717, 1.165) is 25.6 Å². The van der Waals surface area contributed by atoms with Crippen LogP contribution in [-0.4, -0.2) is 74.1 Å². The fourth-order valence-electron chi connectivity index (χ4n) is 3.39. The van der Waals surface area contributed by atoms with E-state index in [4.69, 9.17) is 11.2 Å². The van der Waals surface area contributed by atoms with E-state index in [1.54, 1.807) is 0 Å². The van der Waals surface area contributed by atoms with Crippen LogP contribution in [0.3, 0.4) is 0 Å². The Morgan fingerprint density at radius 2 is 1.96 bits per heavy atom. The summed E-state index contributed by atoms with van der Waals surface area (Å²) < 4.78 is 45.1. The summed E-state index contributed by atoms with van der Waals surface area (Å²) in [4.78, 5) is 2.76. The highest BCUT2D eigenvalue weighted by atomic mass is 19.4. The second kappa shape index (κ2) is 8.52. The topological polar surface area (TPSA) is 27.7 Å². The molecule has 0 aromatic heterocycles. The van der Waals surface area contributed by atoms with Gasteiger partial charge in [0.25, 0.3) is 0 Å². The zero-order valence-electron chi connectivity index (χ0n) is 14.4. The predicted octanol–water partition coefficient (Wildman–Crippen LogP) is 1.92. The Labute approximate surface area is 142 Å². The number of hydrogen-bond donors (Lipinski definition) is 1. The number of nitrogens with zero attached hydrogens (tertiary/aromatic N) is 2. The van der Waals surface area contributed by atoms with Crippen LogP contribution in [0.2, 0.25) is 0 Å². The van der Waals surface area contributed by atoms with Crippen molar-refractivity contribution < 1.29 is 17.9 Å². The maximum absolute atomic E-state index is 13.2. The minimum absolute atomic E-state index is 0.0361. The van der Waals surface area contributed by atoms with Gasteiger partial charge in [-0.25, -0.2) is 0 Å². The molecule has 0 radical (unpaired) electrons. The van der Waals surface area contributed by atoms with Crippen molar-refractivity contribution in [2.75, 3.05) is 52.5 Å². The van der Waals surface area contributed by atoms with Crippen molar-refractivity contribution in [1.82, 2.24) is 15.1 Å². The smallest absolute Gasteiger partial charge is 0.379 e. The average molecular weight is 347 g/mol. The van der Waals surface area contributed by atoms with Crippen LogP contribution in [-0.2, 0) is 4.74 Å². The van der Waals surface area contributed by atoms with Gasteiger partial charge in [0.2, 0.25) is 0 Å². The van der Waals surface area contributed by atoms with Crippen LogP contribution in [0.1, 0.15) is 26.2 Å². The SMILES string of the molecule is C#CC1(N(CCOCCN2CCC(CC)CC2)C(F)(F)F)CNC1. The fourth-order valence-corrected chi connectivity index (χ4v) is 3.39. The van der Waals surface area contributed by atoms with Gasteiger partial charge in [-0.05, 0) is 31.8 Å². The van der Waals surface area contributed by atoms with Crippen LogP contribution in [0.5, 0.6) is 0 Å². The summed E-state index contributed by atoms with van der Waals surface area (Å²) in [6.45, 7) is 5.71. The third-order valence-electron chi connectivity index (χ3n) is 5.22. The molecular weight excluding hydrogens is 319 g/mol. The van der Waals surface area contributed by atoms with Crippen molar-refractivity contribution in [2.45, 2.75) is 38.0 Å². The summed E-state index contributed by atoms with van der Waals surface area (Å²) in [7, 11) is 0. The molecule has 0 atom stereocenters. The highest BCUT2D eigenvalue weighted by molar-refractivity contribution is 5.22. The van der Waals surface area contributed by atoms with Crippen molar-refractivity contribution >= 4 is 0 Å². The highest BCUT2D eigenvalue weighted by Gasteiger charge is 2.53. The molecule has 0 spiro atoms. The molecule has 1 N–H and O–H groups in total. The van der Waals surface area contributed by atoms with Gasteiger partial charge in [0.05, 0.1) is 13.2 Å². The summed E-state index contributed by atoms with van der Waals surface area (Å²) in [6, 6.07) is 0. The summed E-state index contributed by atoms with van der Waals surface area (Å²) >= 11 is 0. The number of ether oxygens (including phenoxy) is 1. The lowest BCUT2D eigenvalue weighted by atomic mass is 9.91. The second-order valence-corrected chi connectivity index (χ2v) is 6.70. The molecule has 4 nitrogen and oxygen atoms in total. The summed E-state index contributed by atoms with van der Waals surface area (Å²) in [5.74, 6) is 3.12. The second-order valence-electron chi connectivity index (χ2n) is 6.70. The molecule has 0 aliphatic carbocycles. The quantitative estimate of drug-likeness (QED) is 0.412. The van der Waals surface area contributed by atoms with Gasteiger partial charge in [0, 0.05) is 26.2 Å². The summed E-state index contributed by atoms with van der Waals surface area (Å²) in [6.07, 6.45) is 4.53. The minimum atomic E-state index is -4.44. The Hall–Kier alpha value is -0.810. The molecule has 24 heavy (non-hydrogen) atoms. The van der Waals surface area contributed by atoms with Crippen molar-refractivity contribution in [3.05, 3.63) is 0 Å². The van der Waals surface area contributed by atoms with Gasteiger partial charge in [0.1, 0.15) is 5.54 Å². The van der Waals surface area contributed by atoms with Gasteiger partial charge in [-0.2, -0.15) is 18.1 Å². The van der Waals surface area contributed by atoms with Gasteiger partial charge >= 0.3 is 6.30 Å². The van der Waals surface area contributed by atoms with Crippen molar-refractivity contribution in [3.63, 3.8) is 0 Å². The van der Waals surface area contributed by atoms with Crippen LogP contribution in [0.15, 0.2) is 0 Å². The molecule has 2 aliphatic rings. The van der Waals surface area contributed by atoms with Gasteiger partial charge in [0.15, 0.2) is 0 Å². The molecule has 0 bridgehead atoms. The molecule has 0 aromatic carbocycles. The lowest BCUT2D eigenvalue weighted by molar-refractivity contribution is -0.276. The third kappa shape index (κ3) is 4.85. The number of piperidine rings is 1. The molecular formula is C17H28F3N3O. The molecule has 2 heterocycles. The highest BCUT2D eigenvalue weighted by Crippen LogP contribution is 2.31. The molecule has 2 aliphatic heterocycles. The first-order valence-corrected chi connectivity index (χ1v) is 8.74. The molecule has 0 amide bonds. The van der Waals surface area contributed by atoms with Crippen LogP contribution in [0.4, 0.5) is 13.2 Å². The van der Waals surface area contributed by atoms with E-state index in [1.807, 2.05) is 0 Å². The lowest BCUT2D eigenvalue weighted by Crippen LogP contribution is -2.71. The maximum atomic E-state index is 13.2. The van der Waals surface area contributed by atoms with Crippen molar-refractivity contribution in [3.8, 4) is 12.3 Å². The van der Waals surface area contributed by atoms with E-state index in [-0.39, 0.29) is 26.2 Å². The molecule has 2 fully saturated rings. The first-order chi connectivity index (χ1) is 11.4. The van der Waals surface area contributed by atoms with E-state index in [0.29, 0.717) is 11.5 Å². The number of rotatable bonds is 8. The van der Waals surface area contributed by atoms with Crippen LogP contribution in [0.25, 0.3) is 0 Å². The summed E-state index contributed by atoms with van der Waals surface area (Å²) in [5.41, 5.74) is -1.26. The predicted molar refractivity (Wildman–Crippen MR) is 87.5 cm³/mol. The monoisotopic (exact) mass is 347 g/mol. The molecule has 0 aromatic rings. The Morgan fingerprint density at radius 3 is 2.42 bits per heavy atom. The Morgan fingerprint density at radius 1 is 1.29 bits per heavy atom. The molecule has 138 valence electrons. The van der Waals surface area contributed by atoms with E-state index < -0.39 is 11.8 Å². The zero-order chi connectivity index (χ0) is 17.6. The third-order valence-corrected chi connectivity index (χ3v) is 5.22. The Bertz CT molecular complexity index is 424. The number of hydrogen-bond acceptors (Lipinski definition) is 4. The average Bonchev–Trinajstić information content (AvgIpc) is 2.51. The van der Waals surface area contributed by atoms with E-state index >= 15 is 0 Å². The van der Waals surface area contributed by atoms with Gasteiger partial charge in [-0.3, -0.25) is 0 Å². The van der Waals surface area contributed by atoms with Crippen molar-refractivity contribution in [2.24, 2.45) is 5.92 Å². The fraction of sp³-hybridized carbons (Fsp3) is 0.882. The Balaban J connectivity index is 1.68. The largest absolute Gasteiger partial charge is 0.461 e. The minimum Gasteiger partial charge on any atom is -0.379 e. The first-order valence-electron chi connectivity index (χ1n) is 8.74. The van der Waals surface area contributed by atoms with Gasteiger partial charge in [-0.15, -0.1) is 6.42 Å². The van der Waals surface area contributed by atoms with E-state index in [1.165, 1.54) is 19.3 Å². The van der Waals surface area contributed by atoms with Crippen LogP contribution >= 0.6 is 0 Å². The summed E-state index contributed by atoms with van der Waals surface area (Å²) in [5, 5.41) is 2.83. The molecule has 7 heteroatoms. The van der Waals surface area contributed by atoms with Gasteiger partial charge in [-0.1, -0.05) is 19.3 Å². The maximum Gasteiger partial charge on any atom is 0.461 e. The first kappa shape index (κ1) is 19.5. The molecule has 2 rings (SSSR count).